The van der Waals surface area contributed by atoms with E-state index in [1.165, 1.54) is 0 Å². The van der Waals surface area contributed by atoms with E-state index >= 15 is 0 Å². The van der Waals surface area contributed by atoms with Crippen molar-refractivity contribution in [3.63, 3.8) is 0 Å². The van der Waals surface area contributed by atoms with Crippen molar-refractivity contribution in [3.05, 3.63) is 46.7 Å². The molecule has 1 aliphatic carbocycles. The third-order valence-corrected chi connectivity index (χ3v) is 4.98. The predicted octanol–water partition coefficient (Wildman–Crippen LogP) is 4.06. The number of carbonyl (C=O) groups excluding carboxylic acids is 2. The first-order valence-electron chi connectivity index (χ1n) is 7.94. The van der Waals surface area contributed by atoms with Gasteiger partial charge >= 0.3 is 0 Å². The second-order valence-corrected chi connectivity index (χ2v) is 6.85. The number of para-hydroxylation sites is 2. The van der Waals surface area contributed by atoms with Crippen LogP contribution in [-0.4, -0.2) is 11.8 Å². The summed E-state index contributed by atoms with van der Waals surface area (Å²) in [6, 6.07) is 11.2. The van der Waals surface area contributed by atoms with Crippen molar-refractivity contribution in [2.24, 2.45) is 5.92 Å². The lowest BCUT2D eigenvalue weighted by molar-refractivity contribution is -0.119. The third kappa shape index (κ3) is 4.20. The van der Waals surface area contributed by atoms with E-state index in [0.717, 1.165) is 30.6 Å². The molecule has 1 aromatic heterocycles. The van der Waals surface area contributed by atoms with Crippen molar-refractivity contribution in [1.29, 1.82) is 0 Å². The van der Waals surface area contributed by atoms with Crippen molar-refractivity contribution >= 4 is 34.5 Å². The van der Waals surface area contributed by atoms with Crippen LogP contribution in [0.2, 0.25) is 0 Å². The smallest absolute Gasteiger partial charge is 0.229 e. The quantitative estimate of drug-likeness (QED) is 0.869. The van der Waals surface area contributed by atoms with Crippen LogP contribution < -0.4 is 10.6 Å². The number of benzene rings is 1. The van der Waals surface area contributed by atoms with Gasteiger partial charge in [-0.05, 0) is 36.4 Å². The Morgan fingerprint density at radius 2 is 1.70 bits per heavy atom. The molecule has 23 heavy (non-hydrogen) atoms. The third-order valence-electron chi connectivity index (χ3n) is 4.10. The molecular weight excluding hydrogens is 308 g/mol. The average molecular weight is 328 g/mol. The standard InChI is InChI=1S/C18H20N2O2S/c21-17(12-14-8-5-11-23-14)19-15-9-3-4-10-16(15)20-18(22)13-6-1-2-7-13/h3-5,8-11,13H,1-2,6-7,12H2,(H,19,21)(H,20,22). The molecule has 1 fully saturated rings. The van der Waals surface area contributed by atoms with Gasteiger partial charge in [-0.3, -0.25) is 9.59 Å². The molecule has 1 heterocycles. The highest BCUT2D eigenvalue weighted by Crippen LogP contribution is 2.28. The van der Waals surface area contributed by atoms with Gasteiger partial charge < -0.3 is 10.6 Å². The fraction of sp³-hybridized carbons (Fsp3) is 0.333. The van der Waals surface area contributed by atoms with Gasteiger partial charge in [-0.15, -0.1) is 11.3 Å². The van der Waals surface area contributed by atoms with Gasteiger partial charge in [0.15, 0.2) is 0 Å². The van der Waals surface area contributed by atoms with E-state index in [1.807, 2.05) is 41.8 Å². The summed E-state index contributed by atoms with van der Waals surface area (Å²) in [6.07, 6.45) is 4.51. The highest BCUT2D eigenvalue weighted by atomic mass is 32.1. The van der Waals surface area contributed by atoms with Crippen molar-refractivity contribution in [2.45, 2.75) is 32.1 Å². The molecule has 1 aromatic carbocycles. The number of rotatable bonds is 5. The summed E-state index contributed by atoms with van der Waals surface area (Å²) in [6.45, 7) is 0. The molecule has 1 aliphatic rings. The van der Waals surface area contributed by atoms with E-state index in [2.05, 4.69) is 10.6 Å². The fourth-order valence-electron chi connectivity index (χ4n) is 2.89. The Morgan fingerprint density at radius 3 is 2.35 bits per heavy atom. The first-order valence-corrected chi connectivity index (χ1v) is 8.82. The first-order chi connectivity index (χ1) is 11.2. The van der Waals surface area contributed by atoms with Crippen LogP contribution in [0.15, 0.2) is 41.8 Å². The minimum Gasteiger partial charge on any atom is -0.324 e. The molecule has 0 radical (unpaired) electrons. The molecule has 1 saturated carbocycles. The van der Waals surface area contributed by atoms with E-state index in [9.17, 15) is 9.59 Å². The van der Waals surface area contributed by atoms with Crippen LogP contribution in [0, 0.1) is 5.92 Å². The summed E-state index contributed by atoms with van der Waals surface area (Å²) < 4.78 is 0. The first kappa shape index (κ1) is 15.7. The van der Waals surface area contributed by atoms with Crippen LogP contribution in [0.5, 0.6) is 0 Å². The molecule has 2 N–H and O–H groups in total. The van der Waals surface area contributed by atoms with Gasteiger partial charge in [-0.25, -0.2) is 0 Å². The number of hydrogen-bond donors (Lipinski definition) is 2. The van der Waals surface area contributed by atoms with Crippen molar-refractivity contribution in [2.75, 3.05) is 10.6 Å². The summed E-state index contributed by atoms with van der Waals surface area (Å²) in [5, 5.41) is 7.82. The van der Waals surface area contributed by atoms with Crippen LogP contribution in [0.3, 0.4) is 0 Å². The summed E-state index contributed by atoms with van der Waals surface area (Å²) in [4.78, 5) is 25.5. The molecule has 0 bridgehead atoms. The number of amides is 2. The van der Waals surface area contributed by atoms with E-state index in [4.69, 9.17) is 0 Å². The van der Waals surface area contributed by atoms with Gasteiger partial charge in [0.2, 0.25) is 11.8 Å². The van der Waals surface area contributed by atoms with E-state index < -0.39 is 0 Å². The zero-order valence-electron chi connectivity index (χ0n) is 12.9. The molecule has 0 saturated heterocycles. The fourth-order valence-corrected chi connectivity index (χ4v) is 3.59. The maximum absolute atomic E-state index is 12.3. The second kappa shape index (κ2) is 7.42. The Morgan fingerprint density at radius 1 is 1.00 bits per heavy atom. The molecule has 0 atom stereocenters. The monoisotopic (exact) mass is 328 g/mol. The molecule has 4 nitrogen and oxygen atoms in total. The van der Waals surface area contributed by atoms with Gasteiger partial charge in [-0.2, -0.15) is 0 Å². The van der Waals surface area contributed by atoms with Gasteiger partial charge in [0.25, 0.3) is 0 Å². The van der Waals surface area contributed by atoms with Crippen LogP contribution >= 0.6 is 11.3 Å². The number of hydrogen-bond acceptors (Lipinski definition) is 3. The normalized spacial score (nSPS) is 14.6. The topological polar surface area (TPSA) is 58.2 Å². The van der Waals surface area contributed by atoms with Crippen LogP contribution in [0.25, 0.3) is 0 Å². The summed E-state index contributed by atoms with van der Waals surface area (Å²) in [7, 11) is 0. The highest BCUT2D eigenvalue weighted by Gasteiger charge is 2.23. The lowest BCUT2D eigenvalue weighted by Gasteiger charge is -2.14. The van der Waals surface area contributed by atoms with Crippen LogP contribution in [-0.2, 0) is 16.0 Å². The summed E-state index contributed by atoms with van der Waals surface area (Å²) in [5.41, 5.74) is 1.32. The van der Waals surface area contributed by atoms with Crippen LogP contribution in [0.1, 0.15) is 30.6 Å². The van der Waals surface area contributed by atoms with Crippen molar-refractivity contribution in [1.82, 2.24) is 0 Å². The van der Waals surface area contributed by atoms with Crippen molar-refractivity contribution < 1.29 is 9.59 Å². The maximum atomic E-state index is 12.3. The van der Waals surface area contributed by atoms with E-state index in [0.29, 0.717) is 17.8 Å². The molecule has 3 rings (SSSR count). The number of nitrogens with one attached hydrogen (secondary N) is 2. The molecule has 2 aromatic rings. The van der Waals surface area contributed by atoms with Crippen LogP contribution in [0.4, 0.5) is 11.4 Å². The molecule has 5 heteroatoms. The number of carbonyl (C=O) groups is 2. The highest BCUT2D eigenvalue weighted by molar-refractivity contribution is 7.10. The lowest BCUT2D eigenvalue weighted by Crippen LogP contribution is -2.22. The molecular formula is C18H20N2O2S. The van der Waals surface area contributed by atoms with E-state index in [1.54, 1.807) is 11.3 Å². The van der Waals surface area contributed by atoms with Gasteiger partial charge in [-0.1, -0.05) is 31.0 Å². The zero-order chi connectivity index (χ0) is 16.1. The Labute approximate surface area is 139 Å². The maximum Gasteiger partial charge on any atom is 0.229 e. The van der Waals surface area contributed by atoms with Gasteiger partial charge in [0.1, 0.15) is 0 Å². The largest absolute Gasteiger partial charge is 0.324 e. The summed E-state index contributed by atoms with van der Waals surface area (Å²) in [5.74, 6) is 0.0855. The summed E-state index contributed by atoms with van der Waals surface area (Å²) >= 11 is 1.56. The number of anilines is 2. The lowest BCUT2D eigenvalue weighted by atomic mass is 10.1. The van der Waals surface area contributed by atoms with Gasteiger partial charge in [0.05, 0.1) is 17.8 Å². The Hall–Kier alpha value is -2.14. The molecule has 0 unspecified atom stereocenters. The molecule has 2 amide bonds. The minimum absolute atomic E-state index is 0.0578. The average Bonchev–Trinajstić information content (AvgIpc) is 3.22. The number of thiophene rings is 1. The second-order valence-electron chi connectivity index (χ2n) is 5.82. The Bertz CT molecular complexity index is 676. The Kier molecular flexibility index (Phi) is 5.08. The minimum atomic E-state index is -0.0741. The molecule has 0 spiro atoms. The van der Waals surface area contributed by atoms with E-state index in [-0.39, 0.29) is 17.7 Å². The zero-order valence-corrected chi connectivity index (χ0v) is 13.7. The Balaban J connectivity index is 1.65. The van der Waals surface area contributed by atoms with Crippen molar-refractivity contribution in [3.8, 4) is 0 Å². The predicted molar refractivity (Wildman–Crippen MR) is 93.7 cm³/mol. The SMILES string of the molecule is O=C(Cc1cccs1)Nc1ccccc1NC(=O)C1CCCC1. The molecule has 120 valence electrons. The molecule has 0 aliphatic heterocycles. The van der Waals surface area contributed by atoms with Gasteiger partial charge in [0, 0.05) is 10.8 Å².